The molecule has 2 amide bonds. The van der Waals surface area contributed by atoms with Crippen LogP contribution in [0.5, 0.6) is 0 Å². The first kappa shape index (κ1) is 23.6. The molecule has 2 aromatic carbocycles. The summed E-state index contributed by atoms with van der Waals surface area (Å²) in [7, 11) is 0. The van der Waals surface area contributed by atoms with Gasteiger partial charge in [0.2, 0.25) is 5.91 Å². The zero-order chi connectivity index (χ0) is 24.1. The fourth-order valence-corrected chi connectivity index (χ4v) is 4.72. The van der Waals surface area contributed by atoms with E-state index in [2.05, 4.69) is 22.5 Å². The van der Waals surface area contributed by atoms with Crippen LogP contribution in [0, 0.1) is 5.92 Å². The lowest BCUT2D eigenvalue weighted by Gasteiger charge is -2.32. The van der Waals surface area contributed by atoms with Crippen molar-refractivity contribution in [1.29, 1.82) is 0 Å². The normalized spacial score (nSPS) is 15.8. The van der Waals surface area contributed by atoms with Crippen molar-refractivity contribution in [1.82, 2.24) is 14.8 Å². The van der Waals surface area contributed by atoms with Crippen molar-refractivity contribution in [2.75, 3.05) is 13.1 Å². The fourth-order valence-electron chi connectivity index (χ4n) is 4.72. The van der Waals surface area contributed by atoms with Gasteiger partial charge in [0, 0.05) is 36.5 Å². The Morgan fingerprint density at radius 2 is 1.76 bits per heavy atom. The molecule has 0 bridgehead atoms. The summed E-state index contributed by atoms with van der Waals surface area (Å²) in [6.07, 6.45) is 5.10. The Kier molecular flexibility index (Phi) is 7.31. The summed E-state index contributed by atoms with van der Waals surface area (Å²) in [6, 6.07) is 20.0. The van der Waals surface area contributed by atoms with E-state index in [-0.39, 0.29) is 23.8 Å². The van der Waals surface area contributed by atoms with Crippen molar-refractivity contribution in [2.45, 2.75) is 39.3 Å². The average Bonchev–Trinajstić information content (AvgIpc) is 3.22. The van der Waals surface area contributed by atoms with Crippen molar-refractivity contribution >= 4 is 22.7 Å². The minimum atomic E-state index is -0.0705. The van der Waals surface area contributed by atoms with Crippen LogP contribution in [0.2, 0.25) is 0 Å². The fraction of sp³-hybridized carbons (Fsp3) is 0.310. The third-order valence-corrected chi connectivity index (χ3v) is 6.65. The lowest BCUT2D eigenvalue weighted by Crippen LogP contribution is -2.43. The van der Waals surface area contributed by atoms with Gasteiger partial charge in [0.15, 0.2) is 0 Å². The van der Waals surface area contributed by atoms with Gasteiger partial charge in [-0.25, -0.2) is 0 Å². The molecule has 5 heteroatoms. The molecule has 1 saturated heterocycles. The van der Waals surface area contributed by atoms with Crippen LogP contribution in [0.15, 0.2) is 85.0 Å². The number of benzene rings is 2. The predicted molar refractivity (Wildman–Crippen MR) is 138 cm³/mol. The lowest BCUT2D eigenvalue weighted by molar-refractivity contribution is -0.127. The highest BCUT2D eigenvalue weighted by Gasteiger charge is 2.30. The van der Waals surface area contributed by atoms with Crippen molar-refractivity contribution in [3.63, 3.8) is 0 Å². The number of fused-ring (bicyclic) bond motifs is 1. The minimum Gasteiger partial charge on any atom is -0.349 e. The molecule has 176 valence electrons. The molecule has 0 saturated carbocycles. The molecule has 1 N–H and O–H groups in total. The first-order valence-electron chi connectivity index (χ1n) is 12.0. The van der Waals surface area contributed by atoms with E-state index in [1.54, 1.807) is 6.08 Å². The number of piperidine rings is 1. The molecular formula is C29H33N3O2. The first-order chi connectivity index (χ1) is 16.5. The number of rotatable bonds is 7. The Hall–Kier alpha value is -3.60. The van der Waals surface area contributed by atoms with Gasteiger partial charge in [-0.15, -0.1) is 0 Å². The quantitative estimate of drug-likeness (QED) is 0.478. The second kappa shape index (κ2) is 10.6. The second-order valence-corrected chi connectivity index (χ2v) is 9.13. The average molecular weight is 456 g/mol. The van der Waals surface area contributed by atoms with Crippen molar-refractivity contribution in [2.24, 2.45) is 5.92 Å². The first-order valence-corrected chi connectivity index (χ1v) is 12.0. The van der Waals surface area contributed by atoms with Crippen LogP contribution in [0.1, 0.15) is 48.8 Å². The number of hydrogen-bond acceptors (Lipinski definition) is 2. The molecule has 0 aliphatic carbocycles. The largest absolute Gasteiger partial charge is 0.349 e. The molecule has 2 heterocycles. The van der Waals surface area contributed by atoms with Crippen LogP contribution in [0.3, 0.4) is 0 Å². The van der Waals surface area contributed by atoms with Crippen LogP contribution in [-0.4, -0.2) is 34.4 Å². The van der Waals surface area contributed by atoms with E-state index < -0.39 is 0 Å². The molecular weight excluding hydrogens is 422 g/mol. The Morgan fingerprint density at radius 3 is 2.47 bits per heavy atom. The highest BCUT2D eigenvalue weighted by molar-refractivity contribution is 5.99. The molecule has 0 radical (unpaired) electrons. The molecule has 1 fully saturated rings. The number of carbonyl (C=O) groups is 2. The van der Waals surface area contributed by atoms with E-state index in [4.69, 9.17) is 0 Å². The van der Waals surface area contributed by atoms with E-state index in [9.17, 15) is 9.59 Å². The molecule has 1 atom stereocenters. The van der Waals surface area contributed by atoms with E-state index in [1.807, 2.05) is 79.4 Å². The number of allylic oxidation sites excluding steroid dienone is 3. The molecule has 1 aliphatic heterocycles. The summed E-state index contributed by atoms with van der Waals surface area (Å²) in [5, 5.41) is 4.20. The highest BCUT2D eigenvalue weighted by atomic mass is 16.2. The summed E-state index contributed by atoms with van der Waals surface area (Å²) < 4.78 is 2.09. The van der Waals surface area contributed by atoms with Crippen LogP contribution >= 0.6 is 0 Å². The lowest BCUT2D eigenvalue weighted by atomic mass is 9.95. The molecule has 5 nitrogen and oxygen atoms in total. The number of para-hydroxylation sites is 1. The zero-order valence-electron chi connectivity index (χ0n) is 20.0. The summed E-state index contributed by atoms with van der Waals surface area (Å²) in [6.45, 7) is 9.64. The van der Waals surface area contributed by atoms with Gasteiger partial charge >= 0.3 is 0 Å². The minimum absolute atomic E-state index is 0.0270. The van der Waals surface area contributed by atoms with E-state index in [0.717, 1.165) is 22.0 Å². The van der Waals surface area contributed by atoms with E-state index in [1.165, 1.54) is 0 Å². The summed E-state index contributed by atoms with van der Waals surface area (Å²) in [5.74, 6) is 0.0284. The number of carbonyl (C=O) groups excluding carboxylic acids is 2. The van der Waals surface area contributed by atoms with Gasteiger partial charge in [-0.05, 0) is 44.4 Å². The van der Waals surface area contributed by atoms with E-state index >= 15 is 0 Å². The number of nitrogens with one attached hydrogen (secondary N) is 1. The van der Waals surface area contributed by atoms with Gasteiger partial charge in [0.25, 0.3) is 5.91 Å². The Balaban J connectivity index is 1.44. The van der Waals surface area contributed by atoms with Gasteiger partial charge in [-0.2, -0.15) is 0 Å². The molecule has 4 rings (SSSR count). The third kappa shape index (κ3) is 5.14. The molecule has 34 heavy (non-hydrogen) atoms. The van der Waals surface area contributed by atoms with Gasteiger partial charge in [-0.1, -0.05) is 72.8 Å². The standard InChI is InChI=1S/C29H33N3O2/c1-4-10-21(2)20-32-26-14-9-8-13-25(26)19-27(32)29(34)31-17-15-24(16-18-31)28(33)30-22(3)23-11-6-5-7-12-23/h4-14,19,22,24H,1,15-18,20H2,2-3H3,(H,30,33). The smallest absolute Gasteiger partial charge is 0.270 e. The maximum atomic E-state index is 13.5. The molecule has 1 aromatic heterocycles. The summed E-state index contributed by atoms with van der Waals surface area (Å²) in [4.78, 5) is 28.3. The highest BCUT2D eigenvalue weighted by Crippen LogP contribution is 2.25. The zero-order valence-corrected chi connectivity index (χ0v) is 20.0. The summed E-state index contributed by atoms with van der Waals surface area (Å²) >= 11 is 0. The van der Waals surface area contributed by atoms with Crippen LogP contribution < -0.4 is 5.32 Å². The molecule has 1 unspecified atom stereocenters. The SMILES string of the molecule is C=CC=C(C)Cn1c(C(=O)N2CCC(C(=O)NC(C)c3ccccc3)CC2)cc2ccccc21. The number of hydrogen-bond donors (Lipinski definition) is 1. The van der Waals surface area contributed by atoms with Gasteiger partial charge in [0.1, 0.15) is 5.69 Å². The predicted octanol–water partition coefficient (Wildman–Crippen LogP) is 5.50. The van der Waals surface area contributed by atoms with Crippen LogP contribution in [-0.2, 0) is 11.3 Å². The van der Waals surface area contributed by atoms with Crippen LogP contribution in [0.25, 0.3) is 10.9 Å². The Bertz CT molecular complexity index is 1200. The Labute approximate surface area is 201 Å². The number of amides is 2. The van der Waals surface area contributed by atoms with Crippen LogP contribution in [0.4, 0.5) is 0 Å². The molecule has 1 aliphatic rings. The molecule has 3 aromatic rings. The number of likely N-dealkylation sites (tertiary alicyclic amines) is 1. The van der Waals surface area contributed by atoms with Gasteiger partial charge < -0.3 is 14.8 Å². The van der Waals surface area contributed by atoms with Gasteiger partial charge in [-0.3, -0.25) is 9.59 Å². The van der Waals surface area contributed by atoms with Crippen molar-refractivity contribution in [3.05, 3.63) is 96.2 Å². The maximum absolute atomic E-state index is 13.5. The van der Waals surface area contributed by atoms with Gasteiger partial charge in [0.05, 0.1) is 6.04 Å². The molecule has 0 spiro atoms. The van der Waals surface area contributed by atoms with Crippen molar-refractivity contribution < 1.29 is 9.59 Å². The summed E-state index contributed by atoms with van der Waals surface area (Å²) in [5.41, 5.74) is 3.97. The van der Waals surface area contributed by atoms with E-state index in [0.29, 0.717) is 38.2 Å². The van der Waals surface area contributed by atoms with Crippen molar-refractivity contribution in [3.8, 4) is 0 Å². The second-order valence-electron chi connectivity index (χ2n) is 9.13. The monoisotopic (exact) mass is 455 g/mol. The number of aromatic nitrogens is 1. The topological polar surface area (TPSA) is 54.3 Å². The maximum Gasteiger partial charge on any atom is 0.270 e. The Morgan fingerprint density at radius 1 is 1.09 bits per heavy atom. The third-order valence-electron chi connectivity index (χ3n) is 6.65. The number of nitrogens with zero attached hydrogens (tertiary/aromatic N) is 2.